The molecule has 0 atom stereocenters. The van der Waals surface area contributed by atoms with Crippen molar-refractivity contribution in [2.75, 3.05) is 12.9 Å². The van der Waals surface area contributed by atoms with E-state index in [4.69, 9.17) is 4.42 Å². The van der Waals surface area contributed by atoms with Crippen LogP contribution in [-0.2, 0) is 20.7 Å². The molecule has 4 nitrogen and oxygen atoms in total. The third-order valence-corrected chi connectivity index (χ3v) is 1.82. The molecule has 12 heavy (non-hydrogen) atoms. The molecule has 0 aliphatic rings. The van der Waals surface area contributed by atoms with Gasteiger partial charge in [-0.15, -0.1) is 0 Å². The summed E-state index contributed by atoms with van der Waals surface area (Å²) in [5.41, 5.74) is 0. The Balaban J connectivity index is 2.29. The van der Waals surface area contributed by atoms with Gasteiger partial charge in [-0.3, -0.25) is 4.18 Å². The van der Waals surface area contributed by atoms with Crippen molar-refractivity contribution in [3.05, 3.63) is 24.2 Å². The van der Waals surface area contributed by atoms with Crippen molar-refractivity contribution in [1.82, 2.24) is 0 Å². The molecule has 0 saturated heterocycles. The van der Waals surface area contributed by atoms with Gasteiger partial charge >= 0.3 is 0 Å². The molecule has 0 unspecified atom stereocenters. The van der Waals surface area contributed by atoms with Gasteiger partial charge in [0, 0.05) is 6.42 Å². The van der Waals surface area contributed by atoms with Crippen molar-refractivity contribution in [3.8, 4) is 0 Å². The summed E-state index contributed by atoms with van der Waals surface area (Å²) in [7, 11) is -3.32. The second kappa shape index (κ2) is 3.73. The van der Waals surface area contributed by atoms with Crippen LogP contribution in [-0.4, -0.2) is 21.3 Å². The Hall–Kier alpha value is -0.810. The Morgan fingerprint density at radius 1 is 1.58 bits per heavy atom. The van der Waals surface area contributed by atoms with Crippen LogP contribution in [0.5, 0.6) is 0 Å². The summed E-state index contributed by atoms with van der Waals surface area (Å²) in [6.45, 7) is 0.131. The maximum Gasteiger partial charge on any atom is 0.264 e. The standard InChI is InChI=1S/C7H10O4S/c1-12(8,9)11-6-4-7-3-2-5-10-7/h2-3,5H,4,6H2,1H3. The normalized spacial score (nSPS) is 11.8. The number of hydrogen-bond acceptors (Lipinski definition) is 4. The largest absolute Gasteiger partial charge is 0.469 e. The van der Waals surface area contributed by atoms with Gasteiger partial charge in [0.25, 0.3) is 10.1 Å². The third-order valence-electron chi connectivity index (χ3n) is 1.23. The average Bonchev–Trinajstić information content (AvgIpc) is 2.36. The van der Waals surface area contributed by atoms with Crippen LogP contribution >= 0.6 is 0 Å². The summed E-state index contributed by atoms with van der Waals surface area (Å²) in [5, 5.41) is 0. The molecule has 0 aliphatic carbocycles. The lowest BCUT2D eigenvalue weighted by atomic mass is 10.3. The Bertz CT molecular complexity index is 311. The summed E-state index contributed by atoms with van der Waals surface area (Å²) in [5.74, 6) is 0.721. The zero-order valence-corrected chi connectivity index (χ0v) is 7.50. The first-order valence-corrected chi connectivity index (χ1v) is 5.26. The van der Waals surface area contributed by atoms with Crippen molar-refractivity contribution >= 4 is 10.1 Å². The van der Waals surface area contributed by atoms with E-state index in [1.54, 1.807) is 12.1 Å². The van der Waals surface area contributed by atoms with Gasteiger partial charge in [0.15, 0.2) is 0 Å². The summed E-state index contributed by atoms with van der Waals surface area (Å²) < 4.78 is 30.5. The highest BCUT2D eigenvalue weighted by atomic mass is 32.2. The van der Waals surface area contributed by atoms with Gasteiger partial charge in [0.2, 0.25) is 0 Å². The molecule has 0 aliphatic heterocycles. The zero-order valence-electron chi connectivity index (χ0n) is 6.69. The molecule has 0 bridgehead atoms. The van der Waals surface area contributed by atoms with Crippen molar-refractivity contribution < 1.29 is 17.0 Å². The van der Waals surface area contributed by atoms with Crippen LogP contribution in [0.3, 0.4) is 0 Å². The lowest BCUT2D eigenvalue weighted by Crippen LogP contribution is -2.05. The quantitative estimate of drug-likeness (QED) is 0.659. The molecule has 5 heteroatoms. The van der Waals surface area contributed by atoms with E-state index in [1.165, 1.54) is 6.26 Å². The van der Waals surface area contributed by atoms with Gasteiger partial charge in [-0.1, -0.05) is 0 Å². The van der Waals surface area contributed by atoms with Crippen LogP contribution in [0.15, 0.2) is 22.8 Å². The van der Waals surface area contributed by atoms with Gasteiger partial charge in [-0.05, 0) is 12.1 Å². The van der Waals surface area contributed by atoms with Crippen molar-refractivity contribution in [2.45, 2.75) is 6.42 Å². The molecule has 68 valence electrons. The fraction of sp³-hybridized carbons (Fsp3) is 0.429. The van der Waals surface area contributed by atoms with Gasteiger partial charge in [-0.25, -0.2) is 0 Å². The minimum atomic E-state index is -3.32. The predicted octanol–water partition coefficient (Wildman–Crippen LogP) is 0.798. The summed E-state index contributed by atoms with van der Waals surface area (Å²) in [6.07, 6.45) is 3.03. The maximum atomic E-state index is 10.5. The Kier molecular flexibility index (Phi) is 2.88. The minimum absolute atomic E-state index is 0.131. The zero-order chi connectivity index (χ0) is 9.03. The first kappa shape index (κ1) is 9.28. The highest BCUT2D eigenvalue weighted by molar-refractivity contribution is 7.85. The Morgan fingerprint density at radius 2 is 2.33 bits per heavy atom. The lowest BCUT2D eigenvalue weighted by Gasteiger charge is -1.97. The molecule has 1 rings (SSSR count). The lowest BCUT2D eigenvalue weighted by molar-refractivity contribution is 0.314. The van der Waals surface area contributed by atoms with Crippen molar-refractivity contribution in [3.63, 3.8) is 0 Å². The average molecular weight is 190 g/mol. The molecule has 1 aromatic rings. The van der Waals surface area contributed by atoms with Crippen LogP contribution in [0.1, 0.15) is 5.76 Å². The second-order valence-electron chi connectivity index (χ2n) is 2.36. The summed E-state index contributed by atoms with van der Waals surface area (Å²) in [6, 6.07) is 3.52. The molecule has 0 spiro atoms. The van der Waals surface area contributed by atoms with Gasteiger partial charge in [0.05, 0.1) is 19.1 Å². The predicted molar refractivity (Wildman–Crippen MR) is 43.2 cm³/mol. The molecule has 1 aromatic heterocycles. The van der Waals surface area contributed by atoms with E-state index in [1.807, 2.05) is 0 Å². The smallest absolute Gasteiger partial charge is 0.264 e. The minimum Gasteiger partial charge on any atom is -0.469 e. The van der Waals surface area contributed by atoms with Gasteiger partial charge in [-0.2, -0.15) is 8.42 Å². The third kappa shape index (κ3) is 3.54. The summed E-state index contributed by atoms with van der Waals surface area (Å²) in [4.78, 5) is 0. The fourth-order valence-corrected chi connectivity index (χ4v) is 1.13. The number of hydrogen-bond donors (Lipinski definition) is 0. The fourth-order valence-electron chi connectivity index (χ4n) is 0.748. The van der Waals surface area contributed by atoms with E-state index < -0.39 is 10.1 Å². The highest BCUT2D eigenvalue weighted by Crippen LogP contribution is 2.01. The van der Waals surface area contributed by atoms with E-state index in [2.05, 4.69) is 4.18 Å². The molecule has 0 radical (unpaired) electrons. The summed E-state index contributed by atoms with van der Waals surface area (Å²) >= 11 is 0. The SMILES string of the molecule is CS(=O)(=O)OCCc1ccco1. The topological polar surface area (TPSA) is 56.5 Å². The van der Waals surface area contributed by atoms with Crippen LogP contribution < -0.4 is 0 Å². The van der Waals surface area contributed by atoms with Gasteiger partial charge < -0.3 is 4.42 Å². The molecule has 0 saturated carbocycles. The Labute approximate surface area is 71.3 Å². The van der Waals surface area contributed by atoms with E-state index in [9.17, 15) is 8.42 Å². The van der Waals surface area contributed by atoms with E-state index in [0.717, 1.165) is 12.0 Å². The number of furan rings is 1. The molecule has 0 N–H and O–H groups in total. The van der Waals surface area contributed by atoms with Crippen LogP contribution in [0.4, 0.5) is 0 Å². The molecule has 1 heterocycles. The first-order chi connectivity index (χ1) is 5.58. The highest BCUT2D eigenvalue weighted by Gasteiger charge is 2.02. The number of rotatable bonds is 4. The Morgan fingerprint density at radius 3 is 2.83 bits per heavy atom. The molecular weight excluding hydrogens is 180 g/mol. The van der Waals surface area contributed by atoms with Gasteiger partial charge in [0.1, 0.15) is 5.76 Å². The first-order valence-electron chi connectivity index (χ1n) is 3.45. The second-order valence-corrected chi connectivity index (χ2v) is 4.00. The van der Waals surface area contributed by atoms with E-state index in [-0.39, 0.29) is 6.61 Å². The van der Waals surface area contributed by atoms with Crippen molar-refractivity contribution in [2.24, 2.45) is 0 Å². The van der Waals surface area contributed by atoms with Crippen LogP contribution in [0.2, 0.25) is 0 Å². The van der Waals surface area contributed by atoms with Crippen LogP contribution in [0, 0.1) is 0 Å². The van der Waals surface area contributed by atoms with E-state index >= 15 is 0 Å². The molecular formula is C7H10O4S. The van der Waals surface area contributed by atoms with E-state index in [0.29, 0.717) is 6.42 Å². The molecule has 0 aromatic carbocycles. The molecule has 0 amide bonds. The maximum absolute atomic E-state index is 10.5. The van der Waals surface area contributed by atoms with Crippen LogP contribution in [0.25, 0.3) is 0 Å². The monoisotopic (exact) mass is 190 g/mol. The van der Waals surface area contributed by atoms with Crippen molar-refractivity contribution in [1.29, 1.82) is 0 Å². The molecule has 0 fully saturated rings.